The summed E-state index contributed by atoms with van der Waals surface area (Å²) in [5, 5.41) is 6.24. The van der Waals surface area contributed by atoms with Crippen LogP contribution in [-0.4, -0.2) is 35.6 Å². The van der Waals surface area contributed by atoms with Crippen LogP contribution >= 0.6 is 11.8 Å². The molecule has 0 aliphatic rings. The Kier molecular flexibility index (Phi) is 5.25. The van der Waals surface area contributed by atoms with Gasteiger partial charge in [-0.3, -0.25) is 4.98 Å². The molecule has 4 nitrogen and oxygen atoms in total. The van der Waals surface area contributed by atoms with E-state index in [2.05, 4.69) is 33.8 Å². The van der Waals surface area contributed by atoms with E-state index < -0.39 is 0 Å². The molecule has 0 spiro atoms. The quantitative estimate of drug-likeness (QED) is 0.776. The predicted molar refractivity (Wildman–Crippen MR) is 67.6 cm³/mol. The molecule has 1 rings (SSSR count). The monoisotopic (exact) mass is 226 g/mol. The summed E-state index contributed by atoms with van der Waals surface area (Å²) in [6.07, 6.45) is 5.57. The molecule has 1 heterocycles. The molecule has 5 heteroatoms. The van der Waals surface area contributed by atoms with E-state index in [-0.39, 0.29) is 0 Å². The van der Waals surface area contributed by atoms with Crippen molar-refractivity contribution in [1.29, 1.82) is 0 Å². The van der Waals surface area contributed by atoms with Gasteiger partial charge in [-0.25, -0.2) is 4.98 Å². The normalized spacial score (nSPS) is 12.2. The van der Waals surface area contributed by atoms with E-state index in [0.29, 0.717) is 5.92 Å². The van der Waals surface area contributed by atoms with Crippen molar-refractivity contribution in [3.05, 3.63) is 12.4 Å². The van der Waals surface area contributed by atoms with Gasteiger partial charge in [-0.05, 0) is 17.9 Å². The molecule has 0 saturated heterocycles. The molecule has 2 N–H and O–H groups in total. The third-order valence-corrected chi connectivity index (χ3v) is 2.88. The van der Waals surface area contributed by atoms with Crippen molar-refractivity contribution in [3.63, 3.8) is 0 Å². The molecule has 15 heavy (non-hydrogen) atoms. The second-order valence-electron chi connectivity index (χ2n) is 3.48. The topological polar surface area (TPSA) is 49.8 Å². The van der Waals surface area contributed by atoms with Crippen molar-refractivity contribution in [2.45, 2.75) is 6.92 Å². The number of rotatable bonds is 6. The van der Waals surface area contributed by atoms with Crippen LogP contribution in [0.25, 0.3) is 0 Å². The Hall–Kier alpha value is -0.970. The summed E-state index contributed by atoms with van der Waals surface area (Å²) in [5.41, 5.74) is 0. The average molecular weight is 226 g/mol. The molecule has 0 aliphatic heterocycles. The molecule has 84 valence electrons. The number of nitrogens with one attached hydrogen (secondary N) is 2. The molecular formula is C10H18N4S. The van der Waals surface area contributed by atoms with Gasteiger partial charge in [0.05, 0.1) is 12.4 Å². The van der Waals surface area contributed by atoms with Gasteiger partial charge in [0.15, 0.2) is 0 Å². The summed E-state index contributed by atoms with van der Waals surface area (Å²) in [7, 11) is 1.84. The van der Waals surface area contributed by atoms with E-state index in [1.165, 1.54) is 0 Å². The van der Waals surface area contributed by atoms with Crippen LogP contribution in [0.5, 0.6) is 0 Å². The van der Waals surface area contributed by atoms with Crippen molar-refractivity contribution >= 4 is 23.4 Å². The third-order valence-electron chi connectivity index (χ3n) is 1.97. The van der Waals surface area contributed by atoms with Crippen molar-refractivity contribution in [1.82, 2.24) is 9.97 Å². The number of hydrogen-bond acceptors (Lipinski definition) is 5. The molecule has 0 saturated carbocycles. The molecule has 0 amide bonds. The van der Waals surface area contributed by atoms with Crippen LogP contribution in [0.4, 0.5) is 11.6 Å². The Labute approximate surface area is 95.3 Å². The first-order valence-corrected chi connectivity index (χ1v) is 6.38. The van der Waals surface area contributed by atoms with Gasteiger partial charge in [-0.15, -0.1) is 0 Å². The molecule has 1 aromatic rings. The Morgan fingerprint density at radius 2 is 2.13 bits per heavy atom. The van der Waals surface area contributed by atoms with E-state index in [0.717, 1.165) is 23.9 Å². The third kappa shape index (κ3) is 4.38. The van der Waals surface area contributed by atoms with Gasteiger partial charge in [0.1, 0.15) is 11.6 Å². The molecule has 0 radical (unpaired) electrons. The van der Waals surface area contributed by atoms with Crippen LogP contribution in [0.3, 0.4) is 0 Å². The maximum Gasteiger partial charge on any atom is 0.146 e. The minimum Gasteiger partial charge on any atom is -0.372 e. The van der Waals surface area contributed by atoms with E-state index in [4.69, 9.17) is 0 Å². The minimum absolute atomic E-state index is 0.639. The maximum atomic E-state index is 4.33. The fraction of sp³-hybridized carbons (Fsp3) is 0.600. The highest BCUT2D eigenvalue weighted by molar-refractivity contribution is 7.98. The highest BCUT2D eigenvalue weighted by Gasteiger charge is 2.02. The van der Waals surface area contributed by atoms with Crippen molar-refractivity contribution in [2.75, 3.05) is 36.2 Å². The molecular weight excluding hydrogens is 208 g/mol. The van der Waals surface area contributed by atoms with Crippen LogP contribution < -0.4 is 10.6 Å². The lowest BCUT2D eigenvalue weighted by atomic mass is 10.2. The van der Waals surface area contributed by atoms with Gasteiger partial charge >= 0.3 is 0 Å². The molecule has 0 fully saturated rings. The highest BCUT2D eigenvalue weighted by Crippen LogP contribution is 2.08. The molecule has 0 bridgehead atoms. The first-order valence-electron chi connectivity index (χ1n) is 4.99. The van der Waals surface area contributed by atoms with Gasteiger partial charge in [0, 0.05) is 13.6 Å². The minimum atomic E-state index is 0.639. The zero-order valence-corrected chi connectivity index (χ0v) is 10.3. The second kappa shape index (κ2) is 6.50. The Morgan fingerprint density at radius 3 is 2.80 bits per heavy atom. The van der Waals surface area contributed by atoms with Gasteiger partial charge < -0.3 is 10.6 Å². The Bertz CT molecular complexity index is 293. The number of thioether (sulfide) groups is 1. The summed E-state index contributed by atoms with van der Waals surface area (Å²) in [5.74, 6) is 3.42. The van der Waals surface area contributed by atoms with Gasteiger partial charge in [-0.1, -0.05) is 6.92 Å². The number of anilines is 2. The number of hydrogen-bond donors (Lipinski definition) is 2. The molecule has 1 unspecified atom stereocenters. The average Bonchev–Trinajstić information content (AvgIpc) is 2.27. The molecule has 1 aromatic heterocycles. The summed E-state index contributed by atoms with van der Waals surface area (Å²) >= 11 is 1.86. The number of aromatic nitrogens is 2. The lowest BCUT2D eigenvalue weighted by molar-refractivity contribution is 0.699. The fourth-order valence-corrected chi connectivity index (χ4v) is 1.88. The second-order valence-corrected chi connectivity index (χ2v) is 4.39. The smallest absolute Gasteiger partial charge is 0.146 e. The van der Waals surface area contributed by atoms with Gasteiger partial charge in [0.25, 0.3) is 0 Å². The van der Waals surface area contributed by atoms with Crippen LogP contribution in [0.15, 0.2) is 12.4 Å². The predicted octanol–water partition coefficient (Wildman–Crippen LogP) is 1.93. The van der Waals surface area contributed by atoms with Crippen molar-refractivity contribution in [2.24, 2.45) is 5.92 Å². The molecule has 1 atom stereocenters. The van der Waals surface area contributed by atoms with Crippen LogP contribution in [0.1, 0.15) is 6.92 Å². The summed E-state index contributed by atoms with van der Waals surface area (Å²) in [6.45, 7) is 3.15. The maximum absolute atomic E-state index is 4.33. The lowest BCUT2D eigenvalue weighted by Gasteiger charge is -2.11. The van der Waals surface area contributed by atoms with Gasteiger partial charge in [-0.2, -0.15) is 11.8 Å². The van der Waals surface area contributed by atoms with Crippen LogP contribution in [0.2, 0.25) is 0 Å². The van der Waals surface area contributed by atoms with E-state index in [1.54, 1.807) is 12.4 Å². The lowest BCUT2D eigenvalue weighted by Crippen LogP contribution is -2.14. The molecule has 0 aromatic carbocycles. The summed E-state index contributed by atoms with van der Waals surface area (Å²) in [4.78, 5) is 8.42. The number of nitrogens with zero attached hydrogens (tertiary/aromatic N) is 2. The standard InChI is InChI=1S/C10H18N4S/c1-8(7-15-3)4-13-10-6-12-5-9(11-2)14-10/h5-6,8H,4,7H2,1-3H3,(H2,11,13,14). The SMILES string of the molecule is CNc1cncc(NCC(C)CSC)n1. The zero-order valence-electron chi connectivity index (χ0n) is 9.45. The van der Waals surface area contributed by atoms with E-state index in [9.17, 15) is 0 Å². The summed E-state index contributed by atoms with van der Waals surface area (Å²) < 4.78 is 0. The highest BCUT2D eigenvalue weighted by atomic mass is 32.2. The van der Waals surface area contributed by atoms with Crippen LogP contribution in [0, 0.1) is 5.92 Å². The summed E-state index contributed by atoms with van der Waals surface area (Å²) in [6, 6.07) is 0. The van der Waals surface area contributed by atoms with Crippen molar-refractivity contribution in [3.8, 4) is 0 Å². The van der Waals surface area contributed by atoms with E-state index in [1.807, 2.05) is 18.8 Å². The van der Waals surface area contributed by atoms with Crippen molar-refractivity contribution < 1.29 is 0 Å². The first kappa shape index (κ1) is 12.1. The van der Waals surface area contributed by atoms with Crippen LogP contribution in [-0.2, 0) is 0 Å². The van der Waals surface area contributed by atoms with E-state index >= 15 is 0 Å². The largest absolute Gasteiger partial charge is 0.372 e. The van der Waals surface area contributed by atoms with Gasteiger partial charge in [0.2, 0.25) is 0 Å². The first-order chi connectivity index (χ1) is 7.26. The fourth-order valence-electron chi connectivity index (χ4n) is 1.19. The zero-order chi connectivity index (χ0) is 11.1. The molecule has 0 aliphatic carbocycles. The Morgan fingerprint density at radius 1 is 1.40 bits per heavy atom. The Balaban J connectivity index is 2.43.